The van der Waals surface area contributed by atoms with Gasteiger partial charge in [0.2, 0.25) is 0 Å². The number of ether oxygens (including phenoxy) is 1. The molecule has 0 radical (unpaired) electrons. The quantitative estimate of drug-likeness (QED) is 0.518. The SMILES string of the molecule is CCCOC(=O)[C@H](CCC(=O)O)NC(=O)C(F)(F)C(F)(F)F. The van der Waals surface area contributed by atoms with Crippen LogP contribution in [0.3, 0.4) is 0 Å². The zero-order valence-electron chi connectivity index (χ0n) is 11.4. The molecule has 0 saturated heterocycles. The molecule has 0 aliphatic rings. The van der Waals surface area contributed by atoms with E-state index in [4.69, 9.17) is 5.11 Å². The molecule has 0 aliphatic heterocycles. The molecular formula is C11H14F5NO5. The predicted molar refractivity (Wildman–Crippen MR) is 61.1 cm³/mol. The summed E-state index contributed by atoms with van der Waals surface area (Å²) in [4.78, 5) is 32.9. The van der Waals surface area contributed by atoms with Crippen LogP contribution in [0.25, 0.3) is 0 Å². The number of amides is 1. The molecule has 1 atom stereocenters. The van der Waals surface area contributed by atoms with E-state index in [1.807, 2.05) is 0 Å². The first-order chi connectivity index (χ1) is 9.93. The molecule has 0 bridgehead atoms. The summed E-state index contributed by atoms with van der Waals surface area (Å²) in [7, 11) is 0. The average molecular weight is 335 g/mol. The van der Waals surface area contributed by atoms with E-state index >= 15 is 0 Å². The number of carboxylic acids is 1. The molecular weight excluding hydrogens is 321 g/mol. The molecule has 0 aromatic carbocycles. The highest BCUT2D eigenvalue weighted by Crippen LogP contribution is 2.35. The summed E-state index contributed by atoms with van der Waals surface area (Å²) in [6.45, 7) is 1.43. The van der Waals surface area contributed by atoms with Gasteiger partial charge in [-0.1, -0.05) is 6.92 Å². The molecule has 22 heavy (non-hydrogen) atoms. The van der Waals surface area contributed by atoms with Crippen LogP contribution in [-0.2, 0) is 19.1 Å². The van der Waals surface area contributed by atoms with Crippen molar-refractivity contribution >= 4 is 17.8 Å². The molecule has 0 fully saturated rings. The molecule has 11 heteroatoms. The first-order valence-electron chi connectivity index (χ1n) is 6.07. The first kappa shape index (κ1) is 20.1. The smallest absolute Gasteiger partial charge is 0.463 e. The number of carbonyl (C=O) groups is 3. The second-order valence-corrected chi connectivity index (χ2v) is 4.20. The van der Waals surface area contributed by atoms with E-state index < -0.39 is 48.8 Å². The van der Waals surface area contributed by atoms with Gasteiger partial charge in [0.15, 0.2) is 0 Å². The summed E-state index contributed by atoms with van der Waals surface area (Å²) >= 11 is 0. The number of rotatable bonds is 8. The second-order valence-electron chi connectivity index (χ2n) is 4.20. The van der Waals surface area contributed by atoms with Crippen molar-refractivity contribution in [2.45, 2.75) is 44.3 Å². The Bertz CT molecular complexity index is 424. The third-order valence-electron chi connectivity index (χ3n) is 2.33. The maximum absolute atomic E-state index is 12.8. The van der Waals surface area contributed by atoms with Crippen LogP contribution in [0.2, 0.25) is 0 Å². The van der Waals surface area contributed by atoms with Crippen molar-refractivity contribution in [1.82, 2.24) is 5.32 Å². The third-order valence-corrected chi connectivity index (χ3v) is 2.33. The number of esters is 1. The fraction of sp³-hybridized carbons (Fsp3) is 0.727. The number of carboxylic acid groups (broad SMARTS) is 1. The van der Waals surface area contributed by atoms with Crippen molar-refractivity contribution in [2.75, 3.05) is 6.61 Å². The Labute approximate surface area is 121 Å². The van der Waals surface area contributed by atoms with Crippen molar-refractivity contribution in [3.63, 3.8) is 0 Å². The third kappa shape index (κ3) is 5.82. The van der Waals surface area contributed by atoms with E-state index in [0.29, 0.717) is 6.42 Å². The minimum absolute atomic E-state index is 0.159. The summed E-state index contributed by atoms with van der Waals surface area (Å²) < 4.78 is 66.2. The molecule has 0 unspecified atom stereocenters. The van der Waals surface area contributed by atoms with Gasteiger partial charge in [-0.15, -0.1) is 0 Å². The van der Waals surface area contributed by atoms with Crippen molar-refractivity contribution in [1.29, 1.82) is 0 Å². The van der Waals surface area contributed by atoms with Crippen molar-refractivity contribution in [2.24, 2.45) is 0 Å². The van der Waals surface area contributed by atoms with E-state index in [0.717, 1.165) is 0 Å². The monoisotopic (exact) mass is 335 g/mol. The minimum Gasteiger partial charge on any atom is -0.481 e. The van der Waals surface area contributed by atoms with Gasteiger partial charge in [-0.25, -0.2) is 4.79 Å². The molecule has 128 valence electrons. The first-order valence-corrected chi connectivity index (χ1v) is 6.07. The number of hydrogen-bond donors (Lipinski definition) is 2. The van der Waals surface area contributed by atoms with E-state index in [9.17, 15) is 36.3 Å². The van der Waals surface area contributed by atoms with Gasteiger partial charge in [-0.2, -0.15) is 22.0 Å². The summed E-state index contributed by atoms with van der Waals surface area (Å²) in [5, 5.41) is 9.63. The Balaban J connectivity index is 4.99. The highest BCUT2D eigenvalue weighted by atomic mass is 19.4. The van der Waals surface area contributed by atoms with Crippen LogP contribution in [0.15, 0.2) is 0 Å². The van der Waals surface area contributed by atoms with Gasteiger partial charge in [-0.3, -0.25) is 9.59 Å². The Kier molecular flexibility index (Phi) is 7.20. The van der Waals surface area contributed by atoms with Gasteiger partial charge < -0.3 is 15.2 Å². The summed E-state index contributed by atoms with van der Waals surface area (Å²) in [5.41, 5.74) is 0. The topological polar surface area (TPSA) is 92.7 Å². The number of hydrogen-bond acceptors (Lipinski definition) is 4. The molecule has 0 rings (SSSR count). The Hall–Kier alpha value is -1.94. The number of halogens is 5. The van der Waals surface area contributed by atoms with Crippen LogP contribution in [0, 0.1) is 0 Å². The molecule has 1 amide bonds. The summed E-state index contributed by atoms with van der Waals surface area (Å²) in [6.07, 6.45) is -7.22. The highest BCUT2D eigenvalue weighted by Gasteiger charge is 2.63. The molecule has 0 aromatic heterocycles. The lowest BCUT2D eigenvalue weighted by Gasteiger charge is -2.22. The maximum Gasteiger partial charge on any atom is 0.463 e. The van der Waals surface area contributed by atoms with Gasteiger partial charge in [0, 0.05) is 6.42 Å². The lowest BCUT2D eigenvalue weighted by atomic mass is 10.1. The Morgan fingerprint density at radius 1 is 1.18 bits per heavy atom. The summed E-state index contributed by atoms with van der Waals surface area (Å²) in [5.74, 6) is -11.2. The molecule has 0 saturated carbocycles. The fourth-order valence-corrected chi connectivity index (χ4v) is 1.20. The van der Waals surface area contributed by atoms with Crippen LogP contribution in [-0.4, -0.2) is 47.7 Å². The van der Waals surface area contributed by atoms with Crippen LogP contribution in [0.1, 0.15) is 26.2 Å². The highest BCUT2D eigenvalue weighted by molar-refractivity contribution is 5.89. The average Bonchev–Trinajstić information content (AvgIpc) is 2.38. The molecule has 0 spiro atoms. The van der Waals surface area contributed by atoms with E-state index in [-0.39, 0.29) is 6.61 Å². The Morgan fingerprint density at radius 2 is 1.73 bits per heavy atom. The normalized spacial score (nSPS) is 13.4. The van der Waals surface area contributed by atoms with Crippen molar-refractivity contribution in [3.8, 4) is 0 Å². The predicted octanol–water partition coefficient (Wildman–Crippen LogP) is 1.49. The van der Waals surface area contributed by atoms with Crippen LogP contribution in [0.5, 0.6) is 0 Å². The van der Waals surface area contributed by atoms with Crippen LogP contribution < -0.4 is 5.32 Å². The Morgan fingerprint density at radius 3 is 2.14 bits per heavy atom. The standard InChI is InChI=1S/C11H14F5NO5/c1-2-5-22-8(20)6(3-4-7(18)19)17-9(21)10(12,13)11(14,15)16/h6H,2-5H2,1H3,(H,17,21)(H,18,19)/t6-/m0/s1. The molecule has 2 N–H and O–H groups in total. The number of carbonyl (C=O) groups excluding carboxylic acids is 2. The molecule has 0 aromatic rings. The lowest BCUT2D eigenvalue weighted by Crippen LogP contribution is -2.55. The van der Waals surface area contributed by atoms with Crippen LogP contribution >= 0.6 is 0 Å². The lowest BCUT2D eigenvalue weighted by molar-refractivity contribution is -0.270. The van der Waals surface area contributed by atoms with E-state index in [1.165, 1.54) is 5.32 Å². The van der Waals surface area contributed by atoms with Crippen molar-refractivity contribution in [3.05, 3.63) is 0 Å². The molecule has 0 heterocycles. The minimum atomic E-state index is -6.14. The molecule has 0 aliphatic carbocycles. The van der Waals surface area contributed by atoms with Gasteiger partial charge >= 0.3 is 29.9 Å². The van der Waals surface area contributed by atoms with Crippen molar-refractivity contribution < 1.29 is 46.2 Å². The zero-order valence-corrected chi connectivity index (χ0v) is 11.4. The largest absolute Gasteiger partial charge is 0.481 e. The van der Waals surface area contributed by atoms with Crippen LogP contribution in [0.4, 0.5) is 22.0 Å². The van der Waals surface area contributed by atoms with Gasteiger partial charge in [0.05, 0.1) is 6.61 Å². The maximum atomic E-state index is 12.8. The summed E-state index contributed by atoms with van der Waals surface area (Å²) in [6, 6.07) is -1.91. The van der Waals surface area contributed by atoms with Gasteiger partial charge in [0.25, 0.3) is 0 Å². The second kappa shape index (κ2) is 7.90. The van der Waals surface area contributed by atoms with Gasteiger partial charge in [0.1, 0.15) is 6.04 Å². The van der Waals surface area contributed by atoms with Gasteiger partial charge in [-0.05, 0) is 12.8 Å². The number of nitrogens with one attached hydrogen (secondary N) is 1. The zero-order chi connectivity index (χ0) is 17.6. The number of alkyl halides is 5. The fourth-order valence-electron chi connectivity index (χ4n) is 1.20. The number of aliphatic carboxylic acids is 1. The molecule has 6 nitrogen and oxygen atoms in total. The van der Waals surface area contributed by atoms with E-state index in [2.05, 4.69) is 4.74 Å². The van der Waals surface area contributed by atoms with E-state index in [1.54, 1.807) is 6.92 Å².